The minimum Gasteiger partial charge on any atom is -0.365 e. The van der Waals surface area contributed by atoms with Crippen LogP contribution in [0.2, 0.25) is 0 Å². The zero-order chi connectivity index (χ0) is 21.6. The van der Waals surface area contributed by atoms with E-state index in [1.807, 2.05) is 4.57 Å². The van der Waals surface area contributed by atoms with Crippen LogP contribution >= 0.6 is 0 Å². The van der Waals surface area contributed by atoms with Crippen molar-refractivity contribution in [1.82, 2.24) is 19.7 Å². The SMILES string of the molecule is Fc1cccc(C2Cn3cnc(-c4nc(-c5cccc(C(F)(F)F)c5)no4)c3CO2)c1. The molecule has 0 saturated heterocycles. The summed E-state index contributed by atoms with van der Waals surface area (Å²) in [6.45, 7) is 0.595. The number of alkyl halides is 3. The highest BCUT2D eigenvalue weighted by atomic mass is 19.4. The summed E-state index contributed by atoms with van der Waals surface area (Å²) in [5.74, 6) is -0.239. The Morgan fingerprint density at radius 2 is 1.90 bits per heavy atom. The van der Waals surface area contributed by atoms with E-state index in [1.165, 1.54) is 24.3 Å². The van der Waals surface area contributed by atoms with E-state index < -0.39 is 11.7 Å². The second-order valence-corrected chi connectivity index (χ2v) is 7.05. The largest absolute Gasteiger partial charge is 0.416 e. The van der Waals surface area contributed by atoms with Gasteiger partial charge in [0, 0.05) is 5.56 Å². The molecule has 1 aliphatic heterocycles. The predicted octanol–water partition coefficient (Wildman–Crippen LogP) is 5.03. The summed E-state index contributed by atoms with van der Waals surface area (Å²) in [5, 5.41) is 3.80. The van der Waals surface area contributed by atoms with Gasteiger partial charge in [0.05, 0.1) is 30.7 Å². The van der Waals surface area contributed by atoms with Gasteiger partial charge in [-0.05, 0) is 29.8 Å². The maximum atomic E-state index is 13.5. The molecular formula is C21H14F4N4O2. The first-order chi connectivity index (χ1) is 14.9. The fourth-order valence-electron chi connectivity index (χ4n) is 3.49. The quantitative estimate of drug-likeness (QED) is 0.427. The molecule has 1 unspecified atom stereocenters. The molecule has 0 saturated carbocycles. The maximum Gasteiger partial charge on any atom is 0.416 e. The van der Waals surface area contributed by atoms with E-state index in [1.54, 1.807) is 18.5 Å². The third kappa shape index (κ3) is 3.70. The summed E-state index contributed by atoms with van der Waals surface area (Å²) in [4.78, 5) is 8.53. The molecule has 6 nitrogen and oxygen atoms in total. The van der Waals surface area contributed by atoms with Crippen molar-refractivity contribution in [3.63, 3.8) is 0 Å². The van der Waals surface area contributed by atoms with E-state index >= 15 is 0 Å². The molecule has 2 aromatic carbocycles. The number of fused-ring (bicyclic) bond motifs is 1. The van der Waals surface area contributed by atoms with Crippen molar-refractivity contribution in [1.29, 1.82) is 0 Å². The summed E-state index contributed by atoms with van der Waals surface area (Å²) in [6, 6.07) is 10.9. The van der Waals surface area contributed by atoms with Gasteiger partial charge in [-0.1, -0.05) is 29.4 Å². The summed E-state index contributed by atoms with van der Waals surface area (Å²) in [6.07, 6.45) is -3.22. The molecule has 10 heteroatoms. The summed E-state index contributed by atoms with van der Waals surface area (Å²) in [7, 11) is 0. The van der Waals surface area contributed by atoms with Gasteiger partial charge in [0.1, 0.15) is 11.9 Å². The average molecular weight is 430 g/mol. The third-order valence-corrected chi connectivity index (χ3v) is 5.03. The Balaban J connectivity index is 1.41. The van der Waals surface area contributed by atoms with Crippen molar-refractivity contribution < 1.29 is 26.8 Å². The van der Waals surface area contributed by atoms with Gasteiger partial charge in [0.15, 0.2) is 5.69 Å². The highest BCUT2D eigenvalue weighted by Crippen LogP contribution is 2.34. The molecule has 0 fully saturated rings. The van der Waals surface area contributed by atoms with Gasteiger partial charge in [-0.3, -0.25) is 0 Å². The van der Waals surface area contributed by atoms with Crippen molar-refractivity contribution in [3.05, 3.63) is 77.5 Å². The fraction of sp³-hybridized carbons (Fsp3) is 0.190. The van der Waals surface area contributed by atoms with Crippen LogP contribution in [0.15, 0.2) is 59.4 Å². The van der Waals surface area contributed by atoms with Crippen molar-refractivity contribution in [2.75, 3.05) is 0 Å². The number of aromatic nitrogens is 4. The molecule has 0 bridgehead atoms. The van der Waals surface area contributed by atoms with Crippen LogP contribution in [0, 0.1) is 5.82 Å². The lowest BCUT2D eigenvalue weighted by Crippen LogP contribution is -2.20. The highest BCUT2D eigenvalue weighted by molar-refractivity contribution is 5.60. The average Bonchev–Trinajstić information content (AvgIpc) is 3.40. The number of hydrogen-bond donors (Lipinski definition) is 0. The second kappa shape index (κ2) is 7.31. The zero-order valence-electron chi connectivity index (χ0n) is 15.8. The normalized spacial score (nSPS) is 16.3. The van der Waals surface area contributed by atoms with Gasteiger partial charge in [0.25, 0.3) is 5.89 Å². The minimum atomic E-state index is -4.47. The summed E-state index contributed by atoms with van der Waals surface area (Å²) in [5.41, 5.74) is 1.17. The number of rotatable bonds is 3. The van der Waals surface area contributed by atoms with Gasteiger partial charge in [-0.25, -0.2) is 9.37 Å². The molecule has 1 atom stereocenters. The van der Waals surface area contributed by atoms with Gasteiger partial charge >= 0.3 is 6.18 Å². The standard InChI is InChI=1S/C21H14F4N4O2/c22-15-6-2-3-12(8-15)17-9-29-11-26-18(16(29)10-30-17)20-27-19(28-31-20)13-4-1-5-14(7-13)21(23,24)25/h1-8,11,17H,9-10H2. The Morgan fingerprint density at radius 1 is 1.06 bits per heavy atom. The smallest absolute Gasteiger partial charge is 0.365 e. The fourth-order valence-corrected chi connectivity index (χ4v) is 3.49. The van der Waals surface area contributed by atoms with Gasteiger partial charge in [-0.2, -0.15) is 18.2 Å². The van der Waals surface area contributed by atoms with Crippen LogP contribution in [0.3, 0.4) is 0 Å². The van der Waals surface area contributed by atoms with Crippen LogP contribution < -0.4 is 0 Å². The molecule has 4 aromatic rings. The predicted molar refractivity (Wildman–Crippen MR) is 99.9 cm³/mol. The van der Waals surface area contributed by atoms with Crippen LogP contribution in [0.1, 0.15) is 22.9 Å². The van der Waals surface area contributed by atoms with Crippen molar-refractivity contribution in [2.45, 2.75) is 25.4 Å². The molecule has 3 heterocycles. The zero-order valence-corrected chi connectivity index (χ0v) is 15.8. The third-order valence-electron chi connectivity index (χ3n) is 5.03. The molecule has 1 aliphatic rings. The molecule has 31 heavy (non-hydrogen) atoms. The number of ether oxygens (including phenoxy) is 1. The number of imidazole rings is 1. The Bertz CT molecular complexity index is 1250. The molecule has 0 spiro atoms. The van der Waals surface area contributed by atoms with Crippen LogP contribution in [0.25, 0.3) is 23.0 Å². The minimum absolute atomic E-state index is 0.0252. The molecule has 0 N–H and O–H groups in total. The van der Waals surface area contributed by atoms with E-state index in [4.69, 9.17) is 9.26 Å². The van der Waals surface area contributed by atoms with Gasteiger partial charge in [0.2, 0.25) is 5.82 Å². The van der Waals surface area contributed by atoms with Crippen molar-refractivity contribution >= 4 is 0 Å². The van der Waals surface area contributed by atoms with E-state index in [2.05, 4.69) is 15.1 Å². The molecular weight excluding hydrogens is 416 g/mol. The highest BCUT2D eigenvalue weighted by Gasteiger charge is 2.31. The Morgan fingerprint density at radius 3 is 2.71 bits per heavy atom. The van der Waals surface area contributed by atoms with E-state index in [-0.39, 0.29) is 35.8 Å². The number of halogens is 4. The first-order valence-electron chi connectivity index (χ1n) is 9.31. The lowest BCUT2D eigenvalue weighted by Gasteiger charge is -2.25. The van der Waals surface area contributed by atoms with Crippen LogP contribution in [0.4, 0.5) is 17.6 Å². The summed E-state index contributed by atoms with van der Waals surface area (Å²) >= 11 is 0. The van der Waals surface area contributed by atoms with E-state index in [0.29, 0.717) is 23.5 Å². The van der Waals surface area contributed by atoms with Gasteiger partial charge < -0.3 is 13.8 Å². The van der Waals surface area contributed by atoms with Crippen LogP contribution in [-0.4, -0.2) is 19.7 Å². The lowest BCUT2D eigenvalue weighted by molar-refractivity contribution is -0.137. The van der Waals surface area contributed by atoms with E-state index in [9.17, 15) is 17.6 Å². The molecule has 0 aliphatic carbocycles. The monoisotopic (exact) mass is 430 g/mol. The summed E-state index contributed by atoms with van der Waals surface area (Å²) < 4.78 is 65.4. The van der Waals surface area contributed by atoms with Crippen LogP contribution in [0.5, 0.6) is 0 Å². The first-order valence-corrected chi connectivity index (χ1v) is 9.31. The number of hydrogen-bond acceptors (Lipinski definition) is 5. The Hall–Kier alpha value is -3.53. The van der Waals surface area contributed by atoms with Crippen molar-refractivity contribution in [2.24, 2.45) is 0 Å². The molecule has 5 rings (SSSR count). The maximum absolute atomic E-state index is 13.5. The topological polar surface area (TPSA) is 66.0 Å². The molecule has 0 amide bonds. The molecule has 2 aromatic heterocycles. The van der Waals surface area contributed by atoms with Crippen LogP contribution in [-0.2, 0) is 24.1 Å². The Kier molecular flexibility index (Phi) is 4.58. The Labute approximate surface area is 173 Å². The first kappa shape index (κ1) is 19.4. The molecule has 158 valence electrons. The van der Waals surface area contributed by atoms with E-state index in [0.717, 1.165) is 12.1 Å². The van der Waals surface area contributed by atoms with Crippen molar-refractivity contribution in [3.8, 4) is 23.0 Å². The number of benzene rings is 2. The second-order valence-electron chi connectivity index (χ2n) is 7.05. The lowest BCUT2D eigenvalue weighted by atomic mass is 10.1. The number of nitrogens with zero attached hydrogens (tertiary/aromatic N) is 4. The van der Waals surface area contributed by atoms with Gasteiger partial charge in [-0.15, -0.1) is 0 Å². The molecule has 0 radical (unpaired) electrons.